The van der Waals surface area contributed by atoms with Gasteiger partial charge in [-0.25, -0.2) is 0 Å². The van der Waals surface area contributed by atoms with Gasteiger partial charge in [0.1, 0.15) is 10.6 Å². The number of aromatic nitrogens is 1. The molecular weight excluding hydrogens is 290 g/mol. The van der Waals surface area contributed by atoms with E-state index in [1.54, 1.807) is 0 Å². The van der Waals surface area contributed by atoms with Crippen molar-refractivity contribution in [1.29, 1.82) is 0 Å². The molecular formula is C13H21N5O2S. The van der Waals surface area contributed by atoms with Crippen LogP contribution in [0.1, 0.15) is 23.2 Å². The van der Waals surface area contributed by atoms with Gasteiger partial charge in [-0.05, 0) is 31.4 Å². The summed E-state index contributed by atoms with van der Waals surface area (Å²) in [5.41, 5.74) is 6.30. The maximum absolute atomic E-state index is 12.2. The van der Waals surface area contributed by atoms with E-state index in [4.69, 9.17) is 10.5 Å². The molecule has 116 valence electrons. The number of rotatable bonds is 5. The Labute approximate surface area is 128 Å². The van der Waals surface area contributed by atoms with Crippen molar-refractivity contribution in [3.05, 3.63) is 5.56 Å². The summed E-state index contributed by atoms with van der Waals surface area (Å²) in [7, 11) is 2.08. The summed E-state index contributed by atoms with van der Waals surface area (Å²) in [6.45, 7) is 3.22. The molecule has 3 rings (SSSR count). The van der Waals surface area contributed by atoms with Crippen molar-refractivity contribution < 1.29 is 9.53 Å². The zero-order valence-electron chi connectivity index (χ0n) is 12.1. The number of amides is 1. The number of nitrogens with zero attached hydrogens (tertiary/aromatic N) is 2. The molecule has 1 aromatic rings. The Balaban J connectivity index is 1.60. The van der Waals surface area contributed by atoms with Crippen molar-refractivity contribution in [1.82, 2.24) is 14.6 Å². The van der Waals surface area contributed by atoms with Crippen molar-refractivity contribution in [2.24, 2.45) is 0 Å². The first kappa shape index (κ1) is 14.6. The number of morpholine rings is 1. The number of carbonyl (C=O) groups is 1. The lowest BCUT2D eigenvalue weighted by molar-refractivity contribution is -0.0117. The van der Waals surface area contributed by atoms with Crippen LogP contribution < -0.4 is 16.4 Å². The molecule has 1 aromatic heterocycles. The zero-order chi connectivity index (χ0) is 14.8. The minimum atomic E-state index is -0.132. The van der Waals surface area contributed by atoms with E-state index in [0.717, 1.165) is 37.5 Å². The number of ether oxygens (including phenoxy) is 1. The lowest BCUT2D eigenvalue weighted by Gasteiger charge is -2.30. The SMILES string of the molecule is CN1CCOC(CNc2snc(N)c2C(=O)NC2CC2)C1. The molecule has 7 nitrogen and oxygen atoms in total. The number of hydrogen-bond acceptors (Lipinski definition) is 7. The van der Waals surface area contributed by atoms with Gasteiger partial charge in [-0.15, -0.1) is 0 Å². The third-order valence-corrected chi connectivity index (χ3v) is 4.51. The molecule has 8 heteroatoms. The van der Waals surface area contributed by atoms with Crippen LogP contribution in [-0.2, 0) is 4.74 Å². The van der Waals surface area contributed by atoms with Gasteiger partial charge in [0.05, 0.1) is 12.7 Å². The normalized spacial score (nSPS) is 23.0. The molecule has 1 aliphatic carbocycles. The number of hydrogen-bond donors (Lipinski definition) is 3. The lowest BCUT2D eigenvalue weighted by atomic mass is 10.2. The highest BCUT2D eigenvalue weighted by molar-refractivity contribution is 7.11. The van der Waals surface area contributed by atoms with Gasteiger partial charge >= 0.3 is 0 Å². The fraction of sp³-hybridized carbons (Fsp3) is 0.692. The first-order valence-electron chi connectivity index (χ1n) is 7.23. The summed E-state index contributed by atoms with van der Waals surface area (Å²) in [4.78, 5) is 14.4. The van der Waals surface area contributed by atoms with Crippen molar-refractivity contribution in [3.8, 4) is 0 Å². The Hall–Kier alpha value is -1.38. The Bertz CT molecular complexity index is 517. The van der Waals surface area contributed by atoms with E-state index in [1.165, 1.54) is 11.5 Å². The molecule has 2 fully saturated rings. The molecule has 1 aliphatic heterocycles. The van der Waals surface area contributed by atoms with Crippen LogP contribution in [0.15, 0.2) is 0 Å². The standard InChI is InChI=1S/C13H21N5O2S/c1-18-4-5-20-9(7-18)6-15-13-10(11(14)17-21-13)12(19)16-8-2-3-8/h8-9,15H,2-7H2,1H3,(H2,14,17)(H,16,19). The summed E-state index contributed by atoms with van der Waals surface area (Å²) < 4.78 is 9.79. The van der Waals surface area contributed by atoms with Gasteiger partial charge in [0.25, 0.3) is 5.91 Å². The molecule has 1 saturated heterocycles. The van der Waals surface area contributed by atoms with E-state index in [2.05, 4.69) is 27.0 Å². The molecule has 0 radical (unpaired) electrons. The Morgan fingerprint density at radius 1 is 1.57 bits per heavy atom. The van der Waals surface area contributed by atoms with Gasteiger partial charge < -0.3 is 26.0 Å². The average Bonchev–Trinajstić information content (AvgIpc) is 3.18. The first-order chi connectivity index (χ1) is 10.1. The van der Waals surface area contributed by atoms with E-state index in [9.17, 15) is 4.79 Å². The smallest absolute Gasteiger partial charge is 0.258 e. The molecule has 4 N–H and O–H groups in total. The van der Waals surface area contributed by atoms with E-state index >= 15 is 0 Å². The number of nitrogen functional groups attached to an aromatic ring is 1. The molecule has 1 saturated carbocycles. The van der Waals surface area contributed by atoms with Crippen molar-refractivity contribution in [3.63, 3.8) is 0 Å². The van der Waals surface area contributed by atoms with Crippen LogP contribution in [0.2, 0.25) is 0 Å². The summed E-state index contributed by atoms with van der Waals surface area (Å²) in [6, 6.07) is 0.306. The second-order valence-electron chi connectivity index (χ2n) is 5.66. The van der Waals surface area contributed by atoms with Crippen LogP contribution in [0.4, 0.5) is 10.8 Å². The fourth-order valence-electron chi connectivity index (χ4n) is 2.32. The zero-order valence-corrected chi connectivity index (χ0v) is 12.9. The average molecular weight is 311 g/mol. The maximum Gasteiger partial charge on any atom is 0.258 e. The number of likely N-dealkylation sites (N-methyl/N-ethyl adjacent to an activating group) is 1. The van der Waals surface area contributed by atoms with Gasteiger partial charge in [-0.2, -0.15) is 4.37 Å². The Kier molecular flexibility index (Phi) is 4.27. The van der Waals surface area contributed by atoms with Gasteiger partial charge in [0.15, 0.2) is 5.82 Å². The molecule has 1 unspecified atom stereocenters. The fourth-order valence-corrected chi connectivity index (χ4v) is 3.04. The van der Waals surface area contributed by atoms with E-state index in [1.807, 2.05) is 0 Å². The number of nitrogens with one attached hydrogen (secondary N) is 2. The molecule has 1 amide bonds. The quantitative estimate of drug-likeness (QED) is 0.727. The molecule has 2 aliphatic rings. The highest BCUT2D eigenvalue weighted by atomic mass is 32.1. The third kappa shape index (κ3) is 3.63. The van der Waals surface area contributed by atoms with Crippen LogP contribution in [0.5, 0.6) is 0 Å². The first-order valence-corrected chi connectivity index (χ1v) is 8.01. The van der Waals surface area contributed by atoms with E-state index < -0.39 is 0 Å². The summed E-state index contributed by atoms with van der Waals surface area (Å²) in [5, 5.41) is 6.94. The second-order valence-corrected chi connectivity index (χ2v) is 6.43. The Morgan fingerprint density at radius 3 is 3.10 bits per heavy atom. The van der Waals surface area contributed by atoms with Gasteiger partial charge in [0, 0.05) is 25.7 Å². The topological polar surface area (TPSA) is 92.5 Å². The Morgan fingerprint density at radius 2 is 2.38 bits per heavy atom. The molecule has 1 atom stereocenters. The third-order valence-electron chi connectivity index (χ3n) is 3.69. The lowest BCUT2D eigenvalue weighted by Crippen LogP contribution is -2.43. The molecule has 0 aromatic carbocycles. The van der Waals surface area contributed by atoms with Crippen molar-refractivity contribution >= 4 is 28.3 Å². The predicted octanol–water partition coefficient (Wildman–Crippen LogP) is 0.360. The summed E-state index contributed by atoms with van der Waals surface area (Å²) in [5.74, 6) is 0.162. The molecule has 0 spiro atoms. The van der Waals surface area contributed by atoms with Crippen LogP contribution in [0.3, 0.4) is 0 Å². The minimum Gasteiger partial charge on any atom is -0.382 e. The number of anilines is 2. The van der Waals surface area contributed by atoms with Crippen LogP contribution in [-0.4, -0.2) is 60.6 Å². The largest absolute Gasteiger partial charge is 0.382 e. The highest BCUT2D eigenvalue weighted by Crippen LogP contribution is 2.28. The predicted molar refractivity (Wildman–Crippen MR) is 82.7 cm³/mol. The molecule has 0 bridgehead atoms. The summed E-state index contributed by atoms with van der Waals surface area (Å²) in [6.07, 6.45) is 2.22. The second kappa shape index (κ2) is 6.17. The van der Waals surface area contributed by atoms with Crippen LogP contribution >= 0.6 is 11.5 Å². The van der Waals surface area contributed by atoms with Gasteiger partial charge in [0.2, 0.25) is 0 Å². The number of nitrogens with two attached hydrogens (primary N) is 1. The van der Waals surface area contributed by atoms with Gasteiger partial charge in [-0.1, -0.05) is 0 Å². The van der Waals surface area contributed by atoms with Crippen molar-refractivity contribution in [2.75, 3.05) is 44.3 Å². The van der Waals surface area contributed by atoms with Crippen molar-refractivity contribution in [2.45, 2.75) is 25.0 Å². The highest BCUT2D eigenvalue weighted by Gasteiger charge is 2.28. The van der Waals surface area contributed by atoms with E-state index in [0.29, 0.717) is 24.0 Å². The van der Waals surface area contributed by atoms with Gasteiger partial charge in [-0.3, -0.25) is 4.79 Å². The molecule has 21 heavy (non-hydrogen) atoms. The summed E-state index contributed by atoms with van der Waals surface area (Å²) >= 11 is 1.23. The monoisotopic (exact) mass is 311 g/mol. The minimum absolute atomic E-state index is 0.117. The number of carbonyl (C=O) groups excluding carboxylic acids is 1. The molecule has 2 heterocycles. The van der Waals surface area contributed by atoms with E-state index in [-0.39, 0.29) is 12.0 Å². The van der Waals surface area contributed by atoms with Crippen LogP contribution in [0.25, 0.3) is 0 Å². The van der Waals surface area contributed by atoms with Crippen LogP contribution in [0, 0.1) is 0 Å². The maximum atomic E-state index is 12.2.